The predicted octanol–water partition coefficient (Wildman–Crippen LogP) is 1.85. The molecule has 0 N–H and O–H groups in total. The van der Waals surface area contributed by atoms with Crippen molar-refractivity contribution in [1.29, 1.82) is 0 Å². The van der Waals surface area contributed by atoms with Crippen molar-refractivity contribution in [2.45, 2.75) is 13.3 Å². The highest BCUT2D eigenvalue weighted by atomic mass is 16.5. The normalized spacial score (nSPS) is 9.80. The van der Waals surface area contributed by atoms with Crippen LogP contribution in [0.4, 0.5) is 0 Å². The fourth-order valence-electron chi connectivity index (χ4n) is 1.18. The Labute approximate surface area is 90.7 Å². The van der Waals surface area contributed by atoms with Gasteiger partial charge in [-0.15, -0.1) is 0 Å². The highest BCUT2D eigenvalue weighted by Gasteiger charge is 2.03. The Balaban J connectivity index is 2.35. The Kier molecular flexibility index (Phi) is 4.16. The number of ether oxygens (including phenoxy) is 1. The number of benzene rings is 1. The largest absolute Gasteiger partial charge is 0.493 e. The van der Waals surface area contributed by atoms with Gasteiger partial charge in [-0.05, 0) is 24.6 Å². The zero-order valence-corrected chi connectivity index (χ0v) is 9.49. The molecule has 15 heavy (non-hydrogen) atoms. The van der Waals surface area contributed by atoms with Gasteiger partial charge in [0, 0.05) is 14.1 Å². The molecule has 0 aliphatic carbocycles. The second kappa shape index (κ2) is 5.39. The van der Waals surface area contributed by atoms with Crippen molar-refractivity contribution in [2.75, 3.05) is 20.7 Å². The van der Waals surface area contributed by atoms with Crippen molar-refractivity contribution >= 4 is 5.91 Å². The van der Waals surface area contributed by atoms with Crippen LogP contribution in [0.3, 0.4) is 0 Å². The minimum absolute atomic E-state index is 0.0858. The molecule has 0 fully saturated rings. The maximum absolute atomic E-state index is 11.2. The molecule has 3 heteroatoms. The molecule has 3 nitrogen and oxygen atoms in total. The summed E-state index contributed by atoms with van der Waals surface area (Å²) >= 11 is 0. The van der Waals surface area contributed by atoms with Crippen LogP contribution < -0.4 is 4.74 Å². The van der Waals surface area contributed by atoms with Gasteiger partial charge in [0.1, 0.15) is 5.75 Å². The third-order valence-electron chi connectivity index (χ3n) is 2.07. The summed E-state index contributed by atoms with van der Waals surface area (Å²) in [5, 5.41) is 0. The number of hydrogen-bond acceptors (Lipinski definition) is 2. The van der Waals surface area contributed by atoms with Gasteiger partial charge in [-0.1, -0.05) is 12.1 Å². The second-order valence-electron chi connectivity index (χ2n) is 3.70. The fraction of sp³-hybridized carbons (Fsp3) is 0.417. The molecule has 0 spiro atoms. The Morgan fingerprint density at radius 2 is 2.13 bits per heavy atom. The third-order valence-corrected chi connectivity index (χ3v) is 2.07. The molecule has 1 rings (SSSR count). The number of carbonyl (C=O) groups is 1. The summed E-state index contributed by atoms with van der Waals surface area (Å²) in [6.07, 6.45) is 0.418. The van der Waals surface area contributed by atoms with Gasteiger partial charge in [0.25, 0.3) is 0 Å². The number of carbonyl (C=O) groups excluding carboxylic acids is 1. The minimum Gasteiger partial charge on any atom is -0.493 e. The second-order valence-corrected chi connectivity index (χ2v) is 3.70. The minimum atomic E-state index is 0.0858. The van der Waals surface area contributed by atoms with Crippen LogP contribution in [-0.4, -0.2) is 31.5 Å². The Bertz CT molecular complexity index is 334. The van der Waals surface area contributed by atoms with Gasteiger partial charge in [-0.3, -0.25) is 4.79 Å². The number of nitrogens with zero attached hydrogens (tertiary/aromatic N) is 1. The van der Waals surface area contributed by atoms with E-state index in [0.717, 1.165) is 11.3 Å². The lowest BCUT2D eigenvalue weighted by molar-refractivity contribution is -0.129. The average Bonchev–Trinajstić information content (AvgIpc) is 2.17. The predicted molar refractivity (Wildman–Crippen MR) is 60.0 cm³/mol. The first-order valence-corrected chi connectivity index (χ1v) is 4.99. The monoisotopic (exact) mass is 207 g/mol. The lowest BCUT2D eigenvalue weighted by Crippen LogP contribution is -2.23. The summed E-state index contributed by atoms with van der Waals surface area (Å²) in [7, 11) is 3.49. The van der Waals surface area contributed by atoms with E-state index in [0.29, 0.717) is 13.0 Å². The lowest BCUT2D eigenvalue weighted by atomic mass is 10.2. The quantitative estimate of drug-likeness (QED) is 0.754. The van der Waals surface area contributed by atoms with E-state index in [1.165, 1.54) is 0 Å². The topological polar surface area (TPSA) is 29.5 Å². The zero-order valence-electron chi connectivity index (χ0n) is 9.49. The molecule has 0 unspecified atom stereocenters. The number of aryl methyl sites for hydroxylation is 1. The molecule has 82 valence electrons. The van der Waals surface area contributed by atoms with Crippen LogP contribution in [0.15, 0.2) is 24.3 Å². The standard InChI is InChI=1S/C12H17NO2/c1-10-5-4-6-11(9-10)15-8-7-12(14)13(2)3/h4-6,9H,7-8H2,1-3H3. The summed E-state index contributed by atoms with van der Waals surface area (Å²) in [5.74, 6) is 0.907. The van der Waals surface area contributed by atoms with Crippen LogP contribution in [-0.2, 0) is 4.79 Å². The molecule has 0 heterocycles. The van der Waals surface area contributed by atoms with E-state index in [9.17, 15) is 4.79 Å². The fourth-order valence-corrected chi connectivity index (χ4v) is 1.18. The summed E-state index contributed by atoms with van der Waals surface area (Å²) in [6.45, 7) is 2.44. The summed E-state index contributed by atoms with van der Waals surface area (Å²) < 4.78 is 5.46. The average molecular weight is 207 g/mol. The summed E-state index contributed by atoms with van der Waals surface area (Å²) in [6, 6.07) is 7.81. The van der Waals surface area contributed by atoms with Gasteiger partial charge in [0.15, 0.2) is 0 Å². The molecule has 0 radical (unpaired) electrons. The van der Waals surface area contributed by atoms with Gasteiger partial charge < -0.3 is 9.64 Å². The summed E-state index contributed by atoms with van der Waals surface area (Å²) in [4.78, 5) is 12.8. The van der Waals surface area contributed by atoms with Crippen LogP contribution in [0.5, 0.6) is 5.75 Å². The molecule has 1 aromatic rings. The van der Waals surface area contributed by atoms with E-state index in [-0.39, 0.29) is 5.91 Å². The third kappa shape index (κ3) is 4.02. The van der Waals surface area contributed by atoms with E-state index in [2.05, 4.69) is 0 Å². The van der Waals surface area contributed by atoms with Crippen molar-refractivity contribution < 1.29 is 9.53 Å². The van der Waals surface area contributed by atoms with Gasteiger partial charge in [0.2, 0.25) is 5.91 Å². The molecule has 0 saturated carbocycles. The van der Waals surface area contributed by atoms with E-state index >= 15 is 0 Å². The highest BCUT2D eigenvalue weighted by molar-refractivity contribution is 5.75. The molecule has 0 bridgehead atoms. The van der Waals surface area contributed by atoms with E-state index in [1.807, 2.05) is 31.2 Å². The molecule has 1 aromatic carbocycles. The van der Waals surface area contributed by atoms with E-state index < -0.39 is 0 Å². The van der Waals surface area contributed by atoms with Gasteiger partial charge >= 0.3 is 0 Å². The van der Waals surface area contributed by atoms with Crippen LogP contribution >= 0.6 is 0 Å². The van der Waals surface area contributed by atoms with Crippen LogP contribution in [0, 0.1) is 6.92 Å². The lowest BCUT2D eigenvalue weighted by Gasteiger charge is -2.11. The van der Waals surface area contributed by atoms with E-state index in [1.54, 1.807) is 19.0 Å². The van der Waals surface area contributed by atoms with Crippen molar-refractivity contribution in [1.82, 2.24) is 4.90 Å². The molecule has 0 aliphatic rings. The molecular weight excluding hydrogens is 190 g/mol. The van der Waals surface area contributed by atoms with Gasteiger partial charge in [0.05, 0.1) is 13.0 Å². The molecule has 0 aliphatic heterocycles. The number of amides is 1. The van der Waals surface area contributed by atoms with Crippen molar-refractivity contribution in [2.24, 2.45) is 0 Å². The number of rotatable bonds is 4. The van der Waals surface area contributed by atoms with Gasteiger partial charge in [-0.2, -0.15) is 0 Å². The smallest absolute Gasteiger partial charge is 0.225 e. The van der Waals surface area contributed by atoms with Crippen molar-refractivity contribution in [3.63, 3.8) is 0 Å². The molecule has 0 atom stereocenters. The molecular formula is C12H17NO2. The van der Waals surface area contributed by atoms with Crippen LogP contribution in [0.2, 0.25) is 0 Å². The van der Waals surface area contributed by atoms with Crippen molar-refractivity contribution in [3.8, 4) is 5.75 Å². The van der Waals surface area contributed by atoms with Crippen molar-refractivity contribution in [3.05, 3.63) is 29.8 Å². The van der Waals surface area contributed by atoms with Crippen LogP contribution in [0.1, 0.15) is 12.0 Å². The first kappa shape index (κ1) is 11.6. The van der Waals surface area contributed by atoms with Crippen LogP contribution in [0.25, 0.3) is 0 Å². The molecule has 0 saturated heterocycles. The summed E-state index contributed by atoms with van der Waals surface area (Å²) in [5.41, 5.74) is 1.16. The first-order valence-electron chi connectivity index (χ1n) is 4.99. The maximum Gasteiger partial charge on any atom is 0.225 e. The van der Waals surface area contributed by atoms with Gasteiger partial charge in [-0.25, -0.2) is 0 Å². The Morgan fingerprint density at radius 3 is 2.73 bits per heavy atom. The number of hydrogen-bond donors (Lipinski definition) is 0. The Morgan fingerprint density at radius 1 is 1.40 bits per heavy atom. The molecule has 0 aromatic heterocycles. The Hall–Kier alpha value is -1.51. The maximum atomic E-state index is 11.2. The first-order chi connectivity index (χ1) is 7.09. The molecule has 1 amide bonds. The highest BCUT2D eigenvalue weighted by Crippen LogP contribution is 2.12. The SMILES string of the molecule is Cc1cccc(OCCC(=O)N(C)C)c1. The van der Waals surface area contributed by atoms with E-state index in [4.69, 9.17) is 4.74 Å². The zero-order chi connectivity index (χ0) is 11.3.